The number of aldehydes is 1. The minimum atomic E-state index is 0.289. The molecule has 0 aliphatic heterocycles. The van der Waals surface area contributed by atoms with Crippen molar-refractivity contribution in [1.82, 2.24) is 4.98 Å². The Morgan fingerprint density at radius 3 is 2.72 bits per heavy atom. The van der Waals surface area contributed by atoms with Gasteiger partial charge in [-0.1, -0.05) is 29.3 Å². The molecule has 0 unspecified atom stereocenters. The number of ether oxygens (including phenoxy) is 1. The molecule has 0 fully saturated rings. The fourth-order valence-corrected chi connectivity index (χ4v) is 1.80. The Kier molecular flexibility index (Phi) is 4.18. The molecule has 0 atom stereocenters. The second-order valence-corrected chi connectivity index (χ2v) is 4.35. The molecular weight excluding hydrogens is 273 g/mol. The molecule has 0 aliphatic rings. The van der Waals surface area contributed by atoms with E-state index in [1.165, 1.54) is 12.1 Å². The molecule has 0 aliphatic carbocycles. The molecule has 18 heavy (non-hydrogen) atoms. The molecular formula is C13H9Cl2NO2. The topological polar surface area (TPSA) is 39.2 Å². The molecule has 1 aromatic carbocycles. The summed E-state index contributed by atoms with van der Waals surface area (Å²) in [6.07, 6.45) is 2.33. The molecule has 0 radical (unpaired) electrons. The molecule has 2 rings (SSSR count). The average Bonchev–Trinajstić information content (AvgIpc) is 2.40. The van der Waals surface area contributed by atoms with Crippen molar-refractivity contribution in [2.45, 2.75) is 6.61 Å². The van der Waals surface area contributed by atoms with Crippen LogP contribution >= 0.6 is 23.2 Å². The Morgan fingerprint density at radius 1 is 1.22 bits per heavy atom. The van der Waals surface area contributed by atoms with Gasteiger partial charge in [0.05, 0.1) is 15.7 Å². The van der Waals surface area contributed by atoms with Gasteiger partial charge < -0.3 is 4.74 Å². The number of benzene rings is 1. The molecule has 2 aromatic rings. The van der Waals surface area contributed by atoms with Crippen LogP contribution in [0.2, 0.25) is 10.0 Å². The van der Waals surface area contributed by atoms with E-state index in [1.807, 2.05) is 18.2 Å². The van der Waals surface area contributed by atoms with E-state index in [1.54, 1.807) is 6.20 Å². The fourth-order valence-electron chi connectivity index (χ4n) is 1.38. The van der Waals surface area contributed by atoms with Crippen LogP contribution in [0.5, 0.6) is 5.75 Å². The number of hydrogen-bond donors (Lipinski definition) is 0. The lowest BCUT2D eigenvalue weighted by atomic mass is 10.2. The van der Waals surface area contributed by atoms with Gasteiger partial charge in [-0.3, -0.25) is 9.78 Å². The van der Waals surface area contributed by atoms with Gasteiger partial charge in [0.15, 0.2) is 6.29 Å². The number of halogens is 2. The number of pyridine rings is 1. The van der Waals surface area contributed by atoms with Gasteiger partial charge in [-0.15, -0.1) is 0 Å². The molecule has 0 saturated carbocycles. The van der Waals surface area contributed by atoms with Gasteiger partial charge in [-0.2, -0.15) is 0 Å². The minimum absolute atomic E-state index is 0.289. The van der Waals surface area contributed by atoms with Gasteiger partial charge in [0, 0.05) is 17.8 Å². The summed E-state index contributed by atoms with van der Waals surface area (Å²) >= 11 is 11.9. The van der Waals surface area contributed by atoms with Crippen molar-refractivity contribution in [3.63, 3.8) is 0 Å². The van der Waals surface area contributed by atoms with E-state index in [0.717, 1.165) is 5.69 Å². The van der Waals surface area contributed by atoms with E-state index in [-0.39, 0.29) is 6.61 Å². The van der Waals surface area contributed by atoms with Gasteiger partial charge in [-0.25, -0.2) is 0 Å². The van der Waals surface area contributed by atoms with Crippen molar-refractivity contribution < 1.29 is 9.53 Å². The number of hydrogen-bond acceptors (Lipinski definition) is 3. The van der Waals surface area contributed by atoms with E-state index in [2.05, 4.69) is 4.98 Å². The highest BCUT2D eigenvalue weighted by molar-refractivity contribution is 6.36. The zero-order valence-electron chi connectivity index (χ0n) is 9.27. The number of carbonyl (C=O) groups is 1. The highest BCUT2D eigenvalue weighted by atomic mass is 35.5. The summed E-state index contributed by atoms with van der Waals surface area (Å²) in [6, 6.07) is 8.54. The van der Waals surface area contributed by atoms with Crippen LogP contribution in [0.25, 0.3) is 0 Å². The third-order valence-electron chi connectivity index (χ3n) is 2.28. The maximum atomic E-state index is 10.7. The van der Waals surface area contributed by atoms with Gasteiger partial charge in [0.1, 0.15) is 12.4 Å². The lowest BCUT2D eigenvalue weighted by Gasteiger charge is -2.09. The molecule has 0 saturated heterocycles. The van der Waals surface area contributed by atoms with E-state index < -0.39 is 0 Å². The minimum Gasteiger partial charge on any atom is -0.486 e. The SMILES string of the molecule is O=Cc1cc(Cl)c(OCc2ccccn2)cc1Cl. The summed E-state index contributed by atoms with van der Waals surface area (Å²) in [5.41, 5.74) is 1.12. The smallest absolute Gasteiger partial charge is 0.151 e. The summed E-state index contributed by atoms with van der Waals surface area (Å²) in [6.45, 7) is 0.289. The largest absolute Gasteiger partial charge is 0.486 e. The first kappa shape index (κ1) is 12.9. The van der Waals surface area contributed by atoms with Gasteiger partial charge in [0.25, 0.3) is 0 Å². The molecule has 1 heterocycles. The van der Waals surface area contributed by atoms with Crippen LogP contribution in [0, 0.1) is 0 Å². The predicted molar refractivity (Wildman–Crippen MR) is 70.4 cm³/mol. The van der Waals surface area contributed by atoms with Crippen LogP contribution in [0.4, 0.5) is 0 Å². The zero-order chi connectivity index (χ0) is 13.0. The van der Waals surface area contributed by atoms with Crippen molar-refractivity contribution in [3.05, 3.63) is 57.8 Å². The lowest BCUT2D eigenvalue weighted by molar-refractivity contribution is 0.112. The Labute approximate surface area is 114 Å². The van der Waals surface area contributed by atoms with Crippen LogP contribution in [-0.2, 0) is 6.61 Å². The predicted octanol–water partition coefficient (Wildman–Crippen LogP) is 3.78. The number of nitrogens with zero attached hydrogens (tertiary/aromatic N) is 1. The molecule has 0 N–H and O–H groups in total. The highest BCUT2D eigenvalue weighted by Crippen LogP contribution is 2.30. The molecule has 0 spiro atoms. The Balaban J connectivity index is 2.15. The molecule has 0 bridgehead atoms. The van der Waals surface area contributed by atoms with E-state index in [0.29, 0.717) is 27.6 Å². The van der Waals surface area contributed by atoms with Crippen molar-refractivity contribution in [1.29, 1.82) is 0 Å². The normalized spacial score (nSPS) is 10.1. The number of carbonyl (C=O) groups excluding carboxylic acids is 1. The Bertz CT molecular complexity index is 558. The monoisotopic (exact) mass is 281 g/mol. The van der Waals surface area contributed by atoms with Crippen LogP contribution < -0.4 is 4.74 Å². The first-order valence-corrected chi connectivity index (χ1v) is 5.93. The molecule has 0 amide bonds. The first-order valence-electron chi connectivity index (χ1n) is 5.17. The second-order valence-electron chi connectivity index (χ2n) is 3.53. The molecule has 3 nitrogen and oxygen atoms in total. The third kappa shape index (κ3) is 3.00. The highest BCUT2D eigenvalue weighted by Gasteiger charge is 2.08. The zero-order valence-corrected chi connectivity index (χ0v) is 10.8. The third-order valence-corrected chi connectivity index (χ3v) is 2.90. The average molecular weight is 282 g/mol. The van der Waals surface area contributed by atoms with Gasteiger partial charge in [0.2, 0.25) is 0 Å². The number of aromatic nitrogens is 1. The summed E-state index contributed by atoms with van der Waals surface area (Å²) < 4.78 is 5.51. The summed E-state index contributed by atoms with van der Waals surface area (Å²) in [5, 5.41) is 0.655. The maximum absolute atomic E-state index is 10.7. The number of rotatable bonds is 4. The van der Waals surface area contributed by atoms with Gasteiger partial charge >= 0.3 is 0 Å². The van der Waals surface area contributed by atoms with E-state index >= 15 is 0 Å². The van der Waals surface area contributed by atoms with Crippen LogP contribution in [0.15, 0.2) is 36.5 Å². The van der Waals surface area contributed by atoms with Crippen molar-refractivity contribution in [2.24, 2.45) is 0 Å². The molecule has 1 aromatic heterocycles. The van der Waals surface area contributed by atoms with Crippen LogP contribution in [0.1, 0.15) is 16.1 Å². The molecule has 5 heteroatoms. The molecule has 92 valence electrons. The standard InChI is InChI=1S/C13H9Cl2NO2/c14-11-6-13(12(15)5-9(11)7-17)18-8-10-3-1-2-4-16-10/h1-7H,8H2. The van der Waals surface area contributed by atoms with E-state index in [9.17, 15) is 4.79 Å². The Hall–Kier alpha value is -1.58. The van der Waals surface area contributed by atoms with Gasteiger partial charge in [-0.05, 0) is 18.2 Å². The van der Waals surface area contributed by atoms with Crippen LogP contribution in [-0.4, -0.2) is 11.3 Å². The quantitative estimate of drug-likeness (QED) is 0.801. The Morgan fingerprint density at radius 2 is 2.06 bits per heavy atom. The van der Waals surface area contributed by atoms with Crippen LogP contribution in [0.3, 0.4) is 0 Å². The first-order chi connectivity index (χ1) is 8.70. The summed E-state index contributed by atoms with van der Waals surface area (Å²) in [5.74, 6) is 0.429. The second kappa shape index (κ2) is 5.85. The van der Waals surface area contributed by atoms with Crippen molar-refractivity contribution >= 4 is 29.5 Å². The van der Waals surface area contributed by atoms with Crippen molar-refractivity contribution in [2.75, 3.05) is 0 Å². The fraction of sp³-hybridized carbons (Fsp3) is 0.0769. The van der Waals surface area contributed by atoms with Crippen molar-refractivity contribution in [3.8, 4) is 5.75 Å². The van der Waals surface area contributed by atoms with E-state index in [4.69, 9.17) is 27.9 Å². The summed E-state index contributed by atoms with van der Waals surface area (Å²) in [4.78, 5) is 14.8. The lowest BCUT2D eigenvalue weighted by Crippen LogP contribution is -1.98. The summed E-state index contributed by atoms with van der Waals surface area (Å²) in [7, 11) is 0. The maximum Gasteiger partial charge on any atom is 0.151 e.